The molecule has 0 amide bonds. The molecule has 3 nitrogen and oxygen atoms in total. The number of hydrogen-bond donors (Lipinski definition) is 0. The number of rotatable bonds is 21. The van der Waals surface area contributed by atoms with E-state index in [-0.39, 0.29) is 0 Å². The van der Waals surface area contributed by atoms with Gasteiger partial charge in [-0.25, -0.2) is 9.97 Å². The quantitative estimate of drug-likeness (QED) is 0.167. The molecule has 0 spiro atoms. The third kappa shape index (κ3) is 14.3. The number of hydrogen-bond acceptors (Lipinski definition) is 3. The summed E-state index contributed by atoms with van der Waals surface area (Å²) in [7, 11) is 0. The zero-order valence-corrected chi connectivity index (χ0v) is 23.1. The Morgan fingerprint density at radius 2 is 1.20 bits per heavy atom. The lowest BCUT2D eigenvalue weighted by atomic mass is 10.0. The van der Waals surface area contributed by atoms with E-state index in [0.717, 1.165) is 42.5 Å². The van der Waals surface area contributed by atoms with Gasteiger partial charge in [-0.1, -0.05) is 111 Å². The summed E-state index contributed by atoms with van der Waals surface area (Å²) in [6, 6.07) is 8.22. The van der Waals surface area contributed by atoms with Gasteiger partial charge in [0, 0.05) is 18.0 Å². The van der Waals surface area contributed by atoms with Crippen LogP contribution in [0.2, 0.25) is 0 Å². The van der Waals surface area contributed by atoms with E-state index in [1.807, 2.05) is 24.5 Å². The normalized spacial score (nSPS) is 11.3. The lowest BCUT2D eigenvalue weighted by Crippen LogP contribution is -1.98. The van der Waals surface area contributed by atoms with Crippen molar-refractivity contribution < 1.29 is 4.74 Å². The molecule has 1 aromatic heterocycles. The zero-order valence-electron chi connectivity index (χ0n) is 23.1. The maximum atomic E-state index is 5.93. The Labute approximate surface area is 216 Å². The Bertz CT molecular complexity index is 739. The fraction of sp³-hybridized carbons (Fsp3) is 0.688. The van der Waals surface area contributed by atoms with Crippen LogP contribution >= 0.6 is 0 Å². The van der Waals surface area contributed by atoms with Crippen molar-refractivity contribution in [3.05, 3.63) is 42.2 Å². The third-order valence-electron chi connectivity index (χ3n) is 6.83. The van der Waals surface area contributed by atoms with Crippen LogP contribution in [-0.2, 0) is 6.42 Å². The van der Waals surface area contributed by atoms with E-state index in [2.05, 4.69) is 42.9 Å². The predicted octanol–water partition coefficient (Wildman–Crippen LogP) is 9.98. The van der Waals surface area contributed by atoms with E-state index in [0.29, 0.717) is 0 Å². The van der Waals surface area contributed by atoms with E-state index in [4.69, 9.17) is 4.74 Å². The molecule has 0 unspecified atom stereocenters. The second-order valence-corrected chi connectivity index (χ2v) is 10.7. The highest BCUT2D eigenvalue weighted by atomic mass is 16.5. The van der Waals surface area contributed by atoms with Gasteiger partial charge in [-0.3, -0.25) is 0 Å². The van der Waals surface area contributed by atoms with Gasteiger partial charge in [-0.15, -0.1) is 0 Å². The van der Waals surface area contributed by atoms with Crippen LogP contribution in [0.3, 0.4) is 0 Å². The van der Waals surface area contributed by atoms with Gasteiger partial charge in [0.1, 0.15) is 5.75 Å². The summed E-state index contributed by atoms with van der Waals surface area (Å²) in [6.07, 6.45) is 26.5. The van der Waals surface area contributed by atoms with Crippen molar-refractivity contribution in [1.29, 1.82) is 0 Å². The van der Waals surface area contributed by atoms with E-state index < -0.39 is 0 Å². The molecule has 35 heavy (non-hydrogen) atoms. The molecule has 0 aliphatic rings. The number of ether oxygens (including phenoxy) is 1. The molecule has 196 valence electrons. The minimum absolute atomic E-state index is 0.796. The number of nitrogens with zero attached hydrogens (tertiary/aromatic N) is 2. The van der Waals surface area contributed by atoms with Crippen molar-refractivity contribution in [2.75, 3.05) is 6.61 Å². The highest BCUT2D eigenvalue weighted by molar-refractivity contribution is 5.55. The first-order chi connectivity index (χ1) is 17.2. The van der Waals surface area contributed by atoms with Crippen molar-refractivity contribution >= 4 is 0 Å². The summed E-state index contributed by atoms with van der Waals surface area (Å²) in [4.78, 5) is 9.22. The van der Waals surface area contributed by atoms with Crippen LogP contribution < -0.4 is 4.74 Å². The summed E-state index contributed by atoms with van der Waals surface area (Å²) in [6.45, 7) is 7.70. The molecule has 1 aromatic carbocycles. The predicted molar refractivity (Wildman–Crippen MR) is 151 cm³/mol. The van der Waals surface area contributed by atoms with Crippen LogP contribution in [-0.4, -0.2) is 16.6 Å². The van der Waals surface area contributed by atoms with Crippen LogP contribution in [0.1, 0.15) is 129 Å². The number of aromatic nitrogens is 2. The largest absolute Gasteiger partial charge is 0.494 e. The first kappa shape index (κ1) is 29.3. The van der Waals surface area contributed by atoms with Crippen LogP contribution in [0, 0.1) is 5.92 Å². The van der Waals surface area contributed by atoms with Gasteiger partial charge in [-0.05, 0) is 55.0 Å². The van der Waals surface area contributed by atoms with Gasteiger partial charge in [0.2, 0.25) is 0 Å². The van der Waals surface area contributed by atoms with Gasteiger partial charge in [0.15, 0.2) is 5.82 Å². The number of benzene rings is 1. The lowest BCUT2D eigenvalue weighted by molar-refractivity contribution is 0.304. The topological polar surface area (TPSA) is 35.0 Å². The second-order valence-electron chi connectivity index (χ2n) is 10.7. The maximum Gasteiger partial charge on any atom is 0.159 e. The van der Waals surface area contributed by atoms with Gasteiger partial charge in [0.25, 0.3) is 0 Å². The van der Waals surface area contributed by atoms with E-state index in [1.165, 1.54) is 102 Å². The van der Waals surface area contributed by atoms with Crippen molar-refractivity contribution in [2.45, 2.75) is 130 Å². The molecule has 0 radical (unpaired) electrons. The SMILES string of the molecule is CCCCCCCCCCCc1cnc(-c2ccc(OCCCCCCCCC(C)C)cc2)nc1. The Hall–Kier alpha value is -1.90. The smallest absolute Gasteiger partial charge is 0.159 e. The van der Waals surface area contributed by atoms with E-state index in [1.54, 1.807) is 0 Å². The molecule has 0 aliphatic carbocycles. The third-order valence-corrected chi connectivity index (χ3v) is 6.83. The Morgan fingerprint density at radius 1 is 0.657 bits per heavy atom. The first-order valence-corrected chi connectivity index (χ1v) is 14.7. The molecular weight excluding hydrogens is 428 g/mol. The molecule has 2 rings (SSSR count). The molecule has 0 fully saturated rings. The second kappa shape index (κ2) is 19.3. The van der Waals surface area contributed by atoms with Crippen LogP contribution in [0.25, 0.3) is 11.4 Å². The molecular formula is C32H52N2O. The minimum Gasteiger partial charge on any atom is -0.494 e. The monoisotopic (exact) mass is 480 g/mol. The average molecular weight is 481 g/mol. The molecule has 3 heteroatoms. The summed E-state index contributed by atoms with van der Waals surface area (Å²) in [5.74, 6) is 2.58. The van der Waals surface area contributed by atoms with Crippen molar-refractivity contribution in [1.82, 2.24) is 9.97 Å². The van der Waals surface area contributed by atoms with Gasteiger partial charge in [-0.2, -0.15) is 0 Å². The summed E-state index contributed by atoms with van der Waals surface area (Å²) >= 11 is 0. The molecule has 2 aromatic rings. The fourth-order valence-electron chi connectivity index (χ4n) is 4.52. The van der Waals surface area contributed by atoms with Crippen molar-refractivity contribution in [3.8, 4) is 17.1 Å². The van der Waals surface area contributed by atoms with E-state index in [9.17, 15) is 0 Å². The molecule has 0 aliphatic heterocycles. The Balaban J connectivity index is 1.56. The molecule has 0 bridgehead atoms. The standard InChI is InChI=1S/C32H52N2O/c1-4-5-6-7-8-9-10-14-17-20-29-26-33-32(34-27-29)30-21-23-31(24-22-30)35-25-18-15-12-11-13-16-19-28(2)3/h21-24,26-28H,4-20,25H2,1-3H3. The van der Waals surface area contributed by atoms with Crippen LogP contribution in [0.15, 0.2) is 36.7 Å². The first-order valence-electron chi connectivity index (χ1n) is 14.7. The molecule has 0 saturated carbocycles. The molecule has 1 heterocycles. The molecule has 0 saturated heterocycles. The Morgan fingerprint density at radius 3 is 1.80 bits per heavy atom. The lowest BCUT2D eigenvalue weighted by Gasteiger charge is -2.08. The number of aryl methyl sites for hydroxylation is 1. The average Bonchev–Trinajstić information content (AvgIpc) is 2.87. The highest BCUT2D eigenvalue weighted by Crippen LogP contribution is 2.20. The van der Waals surface area contributed by atoms with Crippen molar-refractivity contribution in [3.63, 3.8) is 0 Å². The fourth-order valence-corrected chi connectivity index (χ4v) is 4.52. The molecule has 0 N–H and O–H groups in total. The van der Waals surface area contributed by atoms with Crippen LogP contribution in [0.4, 0.5) is 0 Å². The summed E-state index contributed by atoms with van der Waals surface area (Å²) < 4.78 is 5.93. The zero-order chi connectivity index (χ0) is 25.0. The van der Waals surface area contributed by atoms with Gasteiger partial charge >= 0.3 is 0 Å². The van der Waals surface area contributed by atoms with Crippen molar-refractivity contribution in [2.24, 2.45) is 5.92 Å². The minimum atomic E-state index is 0.796. The van der Waals surface area contributed by atoms with Gasteiger partial charge in [0.05, 0.1) is 6.61 Å². The van der Waals surface area contributed by atoms with Gasteiger partial charge < -0.3 is 4.74 Å². The summed E-state index contributed by atoms with van der Waals surface area (Å²) in [5, 5.41) is 0. The maximum absolute atomic E-state index is 5.93. The number of unbranched alkanes of at least 4 members (excludes halogenated alkanes) is 13. The Kier molecular flexibility index (Phi) is 16.2. The summed E-state index contributed by atoms with van der Waals surface area (Å²) in [5.41, 5.74) is 2.30. The molecule has 0 atom stereocenters. The highest BCUT2D eigenvalue weighted by Gasteiger charge is 2.03. The van der Waals surface area contributed by atoms with E-state index >= 15 is 0 Å². The van der Waals surface area contributed by atoms with Crippen LogP contribution in [0.5, 0.6) is 5.75 Å².